The van der Waals surface area contributed by atoms with E-state index < -0.39 is 5.82 Å². The van der Waals surface area contributed by atoms with Crippen molar-refractivity contribution in [3.8, 4) is 6.07 Å². The van der Waals surface area contributed by atoms with Crippen LogP contribution in [0.3, 0.4) is 0 Å². The molecule has 1 heterocycles. The Morgan fingerprint density at radius 3 is 2.58 bits per heavy atom. The summed E-state index contributed by atoms with van der Waals surface area (Å²) < 4.78 is 13.2. The van der Waals surface area contributed by atoms with Crippen LogP contribution in [-0.2, 0) is 0 Å². The first-order chi connectivity index (χ1) is 8.82. The lowest BCUT2D eigenvalue weighted by Crippen LogP contribution is -2.39. The van der Waals surface area contributed by atoms with Crippen molar-refractivity contribution >= 4 is 11.6 Å². The van der Waals surface area contributed by atoms with Crippen molar-refractivity contribution in [3.63, 3.8) is 0 Å². The van der Waals surface area contributed by atoms with E-state index in [1.807, 2.05) is 0 Å². The van der Waals surface area contributed by atoms with Gasteiger partial charge in [-0.25, -0.2) is 4.39 Å². The van der Waals surface area contributed by atoms with Crippen molar-refractivity contribution in [1.82, 2.24) is 4.90 Å². The van der Waals surface area contributed by atoms with Crippen LogP contribution in [-0.4, -0.2) is 23.5 Å². The first kappa shape index (κ1) is 14.3. The summed E-state index contributed by atoms with van der Waals surface area (Å²) in [5.41, 5.74) is 0.984. The largest absolute Gasteiger partial charge is 0.297 e. The van der Waals surface area contributed by atoms with Crippen LogP contribution >= 0.6 is 11.6 Å². The third kappa shape index (κ3) is 2.91. The van der Waals surface area contributed by atoms with Gasteiger partial charge in [-0.2, -0.15) is 5.26 Å². The van der Waals surface area contributed by atoms with Gasteiger partial charge in [-0.1, -0.05) is 17.7 Å². The van der Waals surface area contributed by atoms with Crippen LogP contribution in [0.5, 0.6) is 0 Å². The molecule has 1 fully saturated rings. The minimum atomic E-state index is -0.412. The summed E-state index contributed by atoms with van der Waals surface area (Å²) in [5.74, 6) is -0.382. The van der Waals surface area contributed by atoms with Crippen LogP contribution in [0, 0.1) is 23.1 Å². The molecule has 102 valence electrons. The van der Waals surface area contributed by atoms with Crippen molar-refractivity contribution in [2.45, 2.75) is 32.2 Å². The van der Waals surface area contributed by atoms with E-state index in [1.54, 1.807) is 12.1 Å². The van der Waals surface area contributed by atoms with Gasteiger partial charge in [0.2, 0.25) is 0 Å². The van der Waals surface area contributed by atoms with E-state index >= 15 is 0 Å². The van der Waals surface area contributed by atoms with Gasteiger partial charge in [0.15, 0.2) is 0 Å². The maximum absolute atomic E-state index is 13.2. The van der Waals surface area contributed by atoms with Crippen LogP contribution in [0.2, 0.25) is 5.02 Å². The molecule has 0 bridgehead atoms. The Hall–Kier alpha value is -1.11. The minimum Gasteiger partial charge on any atom is -0.297 e. The molecule has 0 N–H and O–H groups in total. The topological polar surface area (TPSA) is 27.0 Å². The number of nitrogens with zero attached hydrogens (tertiary/aromatic N) is 2. The molecular formula is C15H18ClFN2. The van der Waals surface area contributed by atoms with Crippen molar-refractivity contribution < 1.29 is 4.39 Å². The predicted octanol–water partition coefficient (Wildman–Crippen LogP) is 3.82. The quantitative estimate of drug-likeness (QED) is 0.782. The Morgan fingerprint density at radius 1 is 1.37 bits per heavy atom. The summed E-state index contributed by atoms with van der Waals surface area (Å²) in [5, 5.41) is 9.45. The van der Waals surface area contributed by atoms with Gasteiger partial charge in [0, 0.05) is 24.5 Å². The van der Waals surface area contributed by atoms with Crippen LogP contribution in [0.1, 0.15) is 32.3 Å². The molecule has 0 unspecified atom stereocenters. The number of hydrogen-bond acceptors (Lipinski definition) is 2. The Bertz CT molecular complexity index is 516. The molecule has 0 spiro atoms. The zero-order chi connectivity index (χ0) is 14.2. The Kier molecular flexibility index (Phi) is 3.85. The fourth-order valence-electron chi connectivity index (χ4n) is 2.56. The molecule has 1 aromatic rings. The molecule has 0 amide bonds. The molecule has 1 saturated heterocycles. The monoisotopic (exact) mass is 280 g/mol. The van der Waals surface area contributed by atoms with Crippen molar-refractivity contribution in [2.24, 2.45) is 5.92 Å². The Morgan fingerprint density at radius 2 is 2.05 bits per heavy atom. The Balaban J connectivity index is 2.28. The van der Waals surface area contributed by atoms with Gasteiger partial charge in [-0.05, 0) is 38.5 Å². The average Bonchev–Trinajstić information content (AvgIpc) is 2.76. The van der Waals surface area contributed by atoms with E-state index in [-0.39, 0.29) is 22.4 Å². The number of hydrogen-bond donors (Lipinski definition) is 0. The maximum atomic E-state index is 13.2. The van der Waals surface area contributed by atoms with Crippen molar-refractivity contribution in [1.29, 1.82) is 5.26 Å². The zero-order valence-electron chi connectivity index (χ0n) is 11.5. The number of nitriles is 1. The summed E-state index contributed by atoms with van der Waals surface area (Å²) in [7, 11) is 0. The van der Waals surface area contributed by atoms with Gasteiger partial charge in [0.25, 0.3) is 0 Å². The average molecular weight is 281 g/mol. The molecule has 1 aromatic carbocycles. The normalized spacial score (nSPS) is 24.4. The first-order valence-corrected chi connectivity index (χ1v) is 6.80. The maximum Gasteiger partial charge on any atom is 0.141 e. The summed E-state index contributed by atoms with van der Waals surface area (Å²) in [6.45, 7) is 7.98. The third-order valence-electron chi connectivity index (χ3n) is 3.81. The molecule has 1 aliphatic rings. The number of halogens is 2. The lowest BCUT2D eigenvalue weighted by molar-refractivity contribution is 0.170. The van der Waals surface area contributed by atoms with E-state index in [0.29, 0.717) is 0 Å². The highest BCUT2D eigenvalue weighted by atomic mass is 35.5. The molecule has 2 atom stereocenters. The van der Waals surface area contributed by atoms with Gasteiger partial charge in [0.1, 0.15) is 5.82 Å². The molecular weight excluding hydrogens is 263 g/mol. The summed E-state index contributed by atoms with van der Waals surface area (Å²) in [4.78, 5) is 2.29. The van der Waals surface area contributed by atoms with Gasteiger partial charge in [0.05, 0.1) is 17.0 Å². The molecule has 4 heteroatoms. The summed E-state index contributed by atoms with van der Waals surface area (Å²) in [6.07, 6.45) is 0. The lowest BCUT2D eigenvalue weighted by Gasteiger charge is -2.31. The van der Waals surface area contributed by atoms with E-state index in [1.165, 1.54) is 6.07 Å². The van der Waals surface area contributed by atoms with Crippen LogP contribution in [0.15, 0.2) is 18.2 Å². The molecule has 19 heavy (non-hydrogen) atoms. The highest BCUT2D eigenvalue weighted by molar-refractivity contribution is 6.30. The molecule has 1 aliphatic heterocycles. The van der Waals surface area contributed by atoms with Gasteiger partial charge < -0.3 is 0 Å². The molecule has 2 rings (SSSR count). The highest BCUT2D eigenvalue weighted by Crippen LogP contribution is 2.36. The molecule has 2 nitrogen and oxygen atoms in total. The predicted molar refractivity (Wildman–Crippen MR) is 74.6 cm³/mol. The second-order valence-corrected chi connectivity index (χ2v) is 6.50. The molecule has 0 saturated carbocycles. The smallest absolute Gasteiger partial charge is 0.141 e. The fourth-order valence-corrected chi connectivity index (χ4v) is 2.75. The number of rotatable bonds is 1. The van der Waals surface area contributed by atoms with Crippen LogP contribution in [0.4, 0.5) is 4.39 Å². The fraction of sp³-hybridized carbons (Fsp3) is 0.533. The number of likely N-dealkylation sites (tertiary alicyclic amines) is 1. The molecule has 0 aliphatic carbocycles. The van der Waals surface area contributed by atoms with Crippen LogP contribution < -0.4 is 0 Å². The molecule has 0 aromatic heterocycles. The third-order valence-corrected chi connectivity index (χ3v) is 4.10. The minimum absolute atomic E-state index is 0.0354. The second kappa shape index (κ2) is 5.11. The van der Waals surface area contributed by atoms with Gasteiger partial charge in [-0.15, -0.1) is 0 Å². The van der Waals surface area contributed by atoms with E-state index in [2.05, 4.69) is 31.7 Å². The van der Waals surface area contributed by atoms with Gasteiger partial charge >= 0.3 is 0 Å². The SMILES string of the molecule is CC(C)(C)N1C[C@@H](C#N)[C@H](c2ccc(F)c(Cl)c2)C1. The molecule has 0 radical (unpaired) electrons. The second-order valence-electron chi connectivity index (χ2n) is 6.09. The van der Waals surface area contributed by atoms with Gasteiger partial charge in [-0.3, -0.25) is 4.90 Å². The van der Waals surface area contributed by atoms with E-state index in [9.17, 15) is 9.65 Å². The lowest BCUT2D eigenvalue weighted by atomic mass is 9.90. The first-order valence-electron chi connectivity index (χ1n) is 6.42. The number of benzene rings is 1. The van der Waals surface area contributed by atoms with Crippen LogP contribution in [0.25, 0.3) is 0 Å². The summed E-state index contributed by atoms with van der Waals surface area (Å²) >= 11 is 5.84. The van der Waals surface area contributed by atoms with Crippen molar-refractivity contribution in [2.75, 3.05) is 13.1 Å². The Labute approximate surface area is 118 Å². The van der Waals surface area contributed by atoms with Crippen molar-refractivity contribution in [3.05, 3.63) is 34.6 Å². The summed E-state index contributed by atoms with van der Waals surface area (Å²) in [6, 6.07) is 7.14. The zero-order valence-corrected chi connectivity index (χ0v) is 12.2. The van der Waals surface area contributed by atoms with E-state index in [0.717, 1.165) is 18.7 Å². The standard InChI is InChI=1S/C15H18ClFN2/c1-15(2,3)19-8-11(7-18)12(9-19)10-4-5-14(17)13(16)6-10/h4-6,11-12H,8-9H2,1-3H3/t11-,12+/m1/s1. The highest BCUT2D eigenvalue weighted by Gasteiger charge is 2.38. The van der Waals surface area contributed by atoms with E-state index in [4.69, 9.17) is 11.6 Å².